The second-order valence-corrected chi connectivity index (χ2v) is 7.71. The van der Waals surface area contributed by atoms with Gasteiger partial charge in [-0.1, -0.05) is 6.07 Å². The normalized spacial score (nSPS) is 23.3. The highest BCUT2D eigenvalue weighted by Crippen LogP contribution is 2.32. The lowest BCUT2D eigenvalue weighted by Crippen LogP contribution is -2.36. The number of rotatable bonds is 5. The highest BCUT2D eigenvalue weighted by atomic mass is 15.2. The Bertz CT molecular complexity index is 660. The molecule has 0 saturated carbocycles. The van der Waals surface area contributed by atoms with Gasteiger partial charge in [0, 0.05) is 44.9 Å². The average molecular weight is 339 g/mol. The Morgan fingerprint density at radius 3 is 2.52 bits per heavy atom. The Labute approximate surface area is 150 Å². The smallest absolute Gasteiger partial charge is 0.122 e. The van der Waals surface area contributed by atoms with Gasteiger partial charge < -0.3 is 4.57 Å². The molecule has 0 spiro atoms. The van der Waals surface area contributed by atoms with E-state index < -0.39 is 0 Å². The predicted octanol–water partition coefficient (Wildman–Crippen LogP) is 2.55. The van der Waals surface area contributed by atoms with Crippen molar-refractivity contribution in [3.8, 4) is 0 Å². The van der Waals surface area contributed by atoms with Crippen LogP contribution in [-0.4, -0.2) is 50.5 Å². The van der Waals surface area contributed by atoms with Gasteiger partial charge in [0.15, 0.2) is 0 Å². The number of hydrogen-bond donors (Lipinski definition) is 0. The molecule has 5 heteroatoms. The molecule has 0 N–H and O–H groups in total. The van der Waals surface area contributed by atoms with E-state index in [0.29, 0.717) is 0 Å². The van der Waals surface area contributed by atoms with Crippen LogP contribution in [0.4, 0.5) is 0 Å². The molecule has 5 nitrogen and oxygen atoms in total. The van der Waals surface area contributed by atoms with Crippen LogP contribution in [0.15, 0.2) is 36.9 Å². The third kappa shape index (κ3) is 4.10. The lowest BCUT2D eigenvalue weighted by Gasteiger charge is -2.34. The molecular formula is C20H29N5. The molecule has 2 aromatic rings. The first-order valence-corrected chi connectivity index (χ1v) is 9.58. The largest absolute Gasteiger partial charge is 0.337 e. The van der Waals surface area contributed by atoms with Crippen molar-refractivity contribution >= 4 is 0 Å². The zero-order valence-corrected chi connectivity index (χ0v) is 15.2. The topological polar surface area (TPSA) is 37.2 Å². The van der Waals surface area contributed by atoms with Gasteiger partial charge in [-0.2, -0.15) is 0 Å². The highest BCUT2D eigenvalue weighted by molar-refractivity contribution is 5.08. The molecular weight excluding hydrogens is 310 g/mol. The summed E-state index contributed by atoms with van der Waals surface area (Å²) in [5.74, 6) is 2.96. The van der Waals surface area contributed by atoms with E-state index >= 15 is 0 Å². The minimum absolute atomic E-state index is 0.876. The molecule has 1 atom stereocenters. The first-order valence-electron chi connectivity index (χ1n) is 9.58. The van der Waals surface area contributed by atoms with Crippen molar-refractivity contribution in [1.82, 2.24) is 24.3 Å². The zero-order valence-electron chi connectivity index (χ0n) is 15.2. The van der Waals surface area contributed by atoms with Crippen LogP contribution in [0.25, 0.3) is 0 Å². The number of piperidine rings is 1. The van der Waals surface area contributed by atoms with E-state index in [2.05, 4.69) is 37.4 Å². The minimum atomic E-state index is 0.876. The van der Waals surface area contributed by atoms with Gasteiger partial charge in [-0.15, -0.1) is 0 Å². The predicted molar refractivity (Wildman–Crippen MR) is 98.8 cm³/mol. The summed E-state index contributed by atoms with van der Waals surface area (Å²) in [4.78, 5) is 13.9. The minimum Gasteiger partial charge on any atom is -0.337 e. The van der Waals surface area contributed by atoms with Gasteiger partial charge in [0.05, 0.1) is 6.54 Å². The molecule has 2 aromatic heterocycles. The van der Waals surface area contributed by atoms with E-state index in [1.165, 1.54) is 56.8 Å². The van der Waals surface area contributed by atoms with Gasteiger partial charge in [-0.05, 0) is 62.4 Å². The Morgan fingerprint density at radius 2 is 1.80 bits per heavy atom. The SMILES string of the molecule is Cn1ccnc1CN1CCC(C2CCN(Cc3cccnc3)CC2)C1. The van der Waals surface area contributed by atoms with Crippen LogP contribution in [0, 0.1) is 11.8 Å². The fourth-order valence-corrected chi connectivity index (χ4v) is 4.47. The van der Waals surface area contributed by atoms with Crippen molar-refractivity contribution in [2.75, 3.05) is 26.2 Å². The van der Waals surface area contributed by atoms with E-state index in [4.69, 9.17) is 0 Å². The van der Waals surface area contributed by atoms with Crippen LogP contribution >= 0.6 is 0 Å². The highest BCUT2D eigenvalue weighted by Gasteiger charge is 2.32. The van der Waals surface area contributed by atoms with Crippen LogP contribution in [0.5, 0.6) is 0 Å². The van der Waals surface area contributed by atoms with Crippen molar-refractivity contribution in [2.45, 2.75) is 32.4 Å². The summed E-state index contributed by atoms with van der Waals surface area (Å²) in [6, 6.07) is 4.22. The van der Waals surface area contributed by atoms with Gasteiger partial charge in [0.1, 0.15) is 5.82 Å². The number of aromatic nitrogens is 3. The van der Waals surface area contributed by atoms with E-state index in [0.717, 1.165) is 24.9 Å². The lowest BCUT2D eigenvalue weighted by molar-refractivity contribution is 0.140. The number of nitrogens with zero attached hydrogens (tertiary/aromatic N) is 5. The van der Waals surface area contributed by atoms with E-state index in [-0.39, 0.29) is 0 Å². The summed E-state index contributed by atoms with van der Waals surface area (Å²) in [6.45, 7) is 6.99. The molecule has 4 heterocycles. The summed E-state index contributed by atoms with van der Waals surface area (Å²) in [5, 5.41) is 0. The quantitative estimate of drug-likeness (QED) is 0.839. The second-order valence-electron chi connectivity index (χ2n) is 7.71. The number of likely N-dealkylation sites (tertiary alicyclic amines) is 2. The Kier molecular flexibility index (Phi) is 5.13. The molecule has 0 radical (unpaired) electrons. The number of imidazole rings is 1. The fraction of sp³-hybridized carbons (Fsp3) is 0.600. The van der Waals surface area contributed by atoms with Gasteiger partial charge in [0.25, 0.3) is 0 Å². The number of pyridine rings is 1. The van der Waals surface area contributed by atoms with E-state index in [1.807, 2.05) is 30.9 Å². The number of hydrogen-bond acceptors (Lipinski definition) is 4. The molecule has 0 amide bonds. The maximum absolute atomic E-state index is 4.48. The molecule has 0 bridgehead atoms. The summed E-state index contributed by atoms with van der Waals surface area (Å²) in [7, 11) is 2.09. The van der Waals surface area contributed by atoms with Crippen LogP contribution in [0.2, 0.25) is 0 Å². The monoisotopic (exact) mass is 339 g/mol. The molecule has 2 saturated heterocycles. The summed E-state index contributed by atoms with van der Waals surface area (Å²) in [5.41, 5.74) is 1.34. The molecule has 134 valence electrons. The second kappa shape index (κ2) is 7.67. The van der Waals surface area contributed by atoms with Crippen LogP contribution < -0.4 is 0 Å². The third-order valence-electron chi connectivity index (χ3n) is 6.02. The summed E-state index contributed by atoms with van der Waals surface area (Å²) < 4.78 is 2.14. The van der Waals surface area contributed by atoms with Crippen LogP contribution in [0.3, 0.4) is 0 Å². The molecule has 2 fully saturated rings. The van der Waals surface area contributed by atoms with Crippen molar-refractivity contribution in [1.29, 1.82) is 0 Å². The molecule has 4 rings (SSSR count). The molecule has 0 aliphatic carbocycles. The van der Waals surface area contributed by atoms with Crippen molar-refractivity contribution in [3.05, 3.63) is 48.3 Å². The van der Waals surface area contributed by atoms with Gasteiger partial charge in [0.2, 0.25) is 0 Å². The van der Waals surface area contributed by atoms with Gasteiger partial charge in [-0.25, -0.2) is 4.98 Å². The Hall–Kier alpha value is -1.72. The Morgan fingerprint density at radius 1 is 1.00 bits per heavy atom. The molecule has 2 aliphatic rings. The van der Waals surface area contributed by atoms with Crippen LogP contribution in [-0.2, 0) is 20.1 Å². The summed E-state index contributed by atoms with van der Waals surface area (Å²) >= 11 is 0. The molecule has 25 heavy (non-hydrogen) atoms. The standard InChI is InChI=1S/C20H29N5/c1-23-12-8-22-20(23)16-25-11-6-19(15-25)18-4-9-24(10-5-18)14-17-3-2-7-21-13-17/h2-3,7-8,12-13,18-19H,4-6,9-11,14-16H2,1H3. The average Bonchev–Trinajstić information content (AvgIpc) is 3.27. The van der Waals surface area contributed by atoms with Crippen molar-refractivity contribution < 1.29 is 0 Å². The Balaban J connectivity index is 1.24. The third-order valence-corrected chi connectivity index (χ3v) is 6.02. The lowest BCUT2D eigenvalue weighted by atomic mass is 9.83. The summed E-state index contributed by atoms with van der Waals surface area (Å²) in [6.07, 6.45) is 11.9. The number of aryl methyl sites for hydroxylation is 1. The first-order chi connectivity index (χ1) is 12.3. The molecule has 0 aromatic carbocycles. The fourth-order valence-electron chi connectivity index (χ4n) is 4.47. The maximum atomic E-state index is 4.48. The maximum Gasteiger partial charge on any atom is 0.122 e. The van der Waals surface area contributed by atoms with E-state index in [1.54, 1.807) is 0 Å². The first kappa shape index (κ1) is 16.7. The van der Waals surface area contributed by atoms with Crippen molar-refractivity contribution in [2.24, 2.45) is 18.9 Å². The van der Waals surface area contributed by atoms with Gasteiger partial charge >= 0.3 is 0 Å². The van der Waals surface area contributed by atoms with Gasteiger partial charge in [-0.3, -0.25) is 14.8 Å². The zero-order chi connectivity index (χ0) is 17.1. The molecule has 2 aliphatic heterocycles. The van der Waals surface area contributed by atoms with E-state index in [9.17, 15) is 0 Å². The van der Waals surface area contributed by atoms with Crippen molar-refractivity contribution in [3.63, 3.8) is 0 Å². The molecule has 1 unspecified atom stereocenters. The van der Waals surface area contributed by atoms with Crippen LogP contribution in [0.1, 0.15) is 30.7 Å².